The number of benzene rings is 4. The van der Waals surface area contributed by atoms with Crippen LogP contribution in [0, 0.1) is 11.8 Å². The molecule has 2 aliphatic rings. The van der Waals surface area contributed by atoms with Gasteiger partial charge < -0.3 is 25.0 Å². The Kier molecular flexibility index (Phi) is 13.6. The van der Waals surface area contributed by atoms with Crippen LogP contribution in [0.4, 0.5) is 0 Å². The molecule has 3 N–H and O–H groups in total. The van der Waals surface area contributed by atoms with Gasteiger partial charge in [0.15, 0.2) is 0 Å². The molecule has 0 aromatic heterocycles. The van der Waals surface area contributed by atoms with Gasteiger partial charge in [0.25, 0.3) is 0 Å². The van der Waals surface area contributed by atoms with E-state index in [1.165, 1.54) is 5.56 Å². The van der Waals surface area contributed by atoms with Crippen LogP contribution in [0.1, 0.15) is 55.5 Å². The molecule has 0 bridgehead atoms. The van der Waals surface area contributed by atoms with Crippen LogP contribution in [0.3, 0.4) is 0 Å². The highest BCUT2D eigenvalue weighted by molar-refractivity contribution is 5.89. The van der Waals surface area contributed by atoms with E-state index in [0.29, 0.717) is 24.5 Å². The van der Waals surface area contributed by atoms with Crippen molar-refractivity contribution in [2.45, 2.75) is 46.1 Å². The molecule has 6 rings (SSSR count). The van der Waals surface area contributed by atoms with Gasteiger partial charge in [-0.3, -0.25) is 19.3 Å². The summed E-state index contributed by atoms with van der Waals surface area (Å²) in [7, 11) is 0. The fourth-order valence-electron chi connectivity index (χ4n) is 5.87. The topological polar surface area (TPSA) is 125 Å². The van der Waals surface area contributed by atoms with E-state index >= 15 is 0 Å². The van der Waals surface area contributed by atoms with Crippen molar-refractivity contribution >= 4 is 39.8 Å². The molecule has 9 heteroatoms. The normalized spacial score (nSPS) is 15.5. The molecule has 47 heavy (non-hydrogen) atoms. The Labute approximate surface area is 276 Å². The van der Waals surface area contributed by atoms with E-state index in [0.717, 1.165) is 86.2 Å². The zero-order chi connectivity index (χ0) is 33.6. The van der Waals surface area contributed by atoms with Gasteiger partial charge in [-0.1, -0.05) is 36.4 Å². The first-order valence-electron chi connectivity index (χ1n) is 16.5. The molecule has 0 atom stereocenters. The number of nitrogens with zero attached hydrogens (tertiary/aromatic N) is 1. The second-order valence-corrected chi connectivity index (χ2v) is 11.9. The number of fused-ring (bicyclic) bond motifs is 2. The molecule has 2 fully saturated rings. The van der Waals surface area contributed by atoms with Gasteiger partial charge in [-0.2, -0.15) is 0 Å². The minimum Gasteiger partial charge on any atom is -0.508 e. The highest BCUT2D eigenvalue weighted by Gasteiger charge is 2.26. The van der Waals surface area contributed by atoms with Crippen LogP contribution in [0.5, 0.6) is 11.5 Å². The number of aldehydes is 1. The van der Waals surface area contributed by atoms with E-state index in [2.05, 4.69) is 28.4 Å². The fourth-order valence-corrected chi connectivity index (χ4v) is 5.87. The number of esters is 2. The van der Waals surface area contributed by atoms with Gasteiger partial charge in [0.05, 0.1) is 25.0 Å². The van der Waals surface area contributed by atoms with E-state index in [4.69, 9.17) is 9.47 Å². The molecule has 0 aliphatic carbocycles. The SMILES string of the molecule is CCOC(=O)C1CCN(Cc2ccc3cc(O)ccc3c2)CC1.CCOC(=O)C1CCNCC1.O=Cc1ccc2cc(O)ccc2c1. The Hall–Kier alpha value is -4.47. The number of hydrogen-bond acceptors (Lipinski definition) is 9. The number of nitrogens with one attached hydrogen (secondary N) is 1. The largest absolute Gasteiger partial charge is 0.508 e. The Balaban J connectivity index is 0.000000176. The molecule has 0 spiro atoms. The van der Waals surface area contributed by atoms with Gasteiger partial charge in [-0.05, 0) is 129 Å². The van der Waals surface area contributed by atoms with Gasteiger partial charge in [-0.25, -0.2) is 0 Å². The third kappa shape index (κ3) is 10.8. The zero-order valence-corrected chi connectivity index (χ0v) is 27.3. The van der Waals surface area contributed by atoms with Crippen molar-refractivity contribution in [2.75, 3.05) is 39.4 Å². The van der Waals surface area contributed by atoms with E-state index < -0.39 is 0 Å². The van der Waals surface area contributed by atoms with Crippen LogP contribution < -0.4 is 5.32 Å². The second-order valence-electron chi connectivity index (χ2n) is 11.9. The van der Waals surface area contributed by atoms with Gasteiger partial charge in [0.1, 0.15) is 17.8 Å². The van der Waals surface area contributed by atoms with Crippen LogP contribution in [0.2, 0.25) is 0 Å². The maximum Gasteiger partial charge on any atom is 0.309 e. The quantitative estimate of drug-likeness (QED) is 0.159. The number of carbonyl (C=O) groups is 3. The van der Waals surface area contributed by atoms with Crippen molar-refractivity contribution in [3.8, 4) is 11.5 Å². The van der Waals surface area contributed by atoms with Gasteiger partial charge >= 0.3 is 11.9 Å². The predicted molar refractivity (Wildman–Crippen MR) is 183 cm³/mol. The molecule has 0 amide bonds. The number of piperidine rings is 2. The number of likely N-dealkylation sites (tertiary alicyclic amines) is 1. The van der Waals surface area contributed by atoms with Crippen molar-refractivity contribution in [1.82, 2.24) is 10.2 Å². The number of carbonyl (C=O) groups excluding carboxylic acids is 3. The number of phenolic OH excluding ortho intramolecular Hbond substituents is 2. The molecule has 4 aromatic rings. The number of ether oxygens (including phenoxy) is 2. The first-order chi connectivity index (χ1) is 22.8. The van der Waals surface area contributed by atoms with Crippen LogP contribution >= 0.6 is 0 Å². The van der Waals surface area contributed by atoms with Crippen LogP contribution in [0.25, 0.3) is 21.5 Å². The third-order valence-electron chi connectivity index (χ3n) is 8.44. The van der Waals surface area contributed by atoms with Crippen molar-refractivity contribution < 1.29 is 34.1 Å². The van der Waals surface area contributed by atoms with Crippen molar-refractivity contribution in [2.24, 2.45) is 11.8 Å². The van der Waals surface area contributed by atoms with E-state index in [1.54, 1.807) is 42.5 Å². The van der Waals surface area contributed by atoms with Gasteiger partial charge in [0.2, 0.25) is 0 Å². The van der Waals surface area contributed by atoms with Crippen molar-refractivity contribution in [3.05, 3.63) is 83.9 Å². The van der Waals surface area contributed by atoms with Crippen LogP contribution in [-0.4, -0.2) is 72.7 Å². The minimum absolute atomic E-state index is 0.0194. The summed E-state index contributed by atoms with van der Waals surface area (Å²) in [6, 6.07) is 22.2. The van der Waals surface area contributed by atoms with Crippen molar-refractivity contribution in [3.63, 3.8) is 0 Å². The summed E-state index contributed by atoms with van der Waals surface area (Å²) in [4.78, 5) is 35.8. The second kappa shape index (κ2) is 18.0. The van der Waals surface area contributed by atoms with E-state index in [9.17, 15) is 24.6 Å². The maximum absolute atomic E-state index is 11.8. The lowest BCUT2D eigenvalue weighted by Gasteiger charge is -2.30. The molecule has 0 radical (unpaired) electrons. The van der Waals surface area contributed by atoms with E-state index in [-0.39, 0.29) is 29.5 Å². The molecular formula is C38H46N2O7. The summed E-state index contributed by atoms with van der Waals surface area (Å²) < 4.78 is 10.0. The summed E-state index contributed by atoms with van der Waals surface area (Å²) in [5.74, 6) is 0.686. The number of rotatable bonds is 7. The summed E-state index contributed by atoms with van der Waals surface area (Å²) >= 11 is 0. The standard InChI is InChI=1S/C19H23NO3.C11H8O2.C8H15NO2/c1-2-23-19(22)15-7-9-20(10-8-15)13-14-3-4-17-12-18(21)6-5-16(17)11-14;12-7-8-1-2-10-6-11(13)4-3-9(10)5-8;1-2-11-8(10)7-3-5-9-6-4-7/h3-6,11-12,15,21H,2,7-10,13H2,1H3;1-7,13H;7,9H,2-6H2,1H3. The molecule has 9 nitrogen and oxygen atoms in total. The molecule has 0 unspecified atom stereocenters. The summed E-state index contributed by atoms with van der Waals surface area (Å²) in [6.07, 6.45) is 4.42. The molecule has 4 aromatic carbocycles. The predicted octanol–water partition coefficient (Wildman–Crippen LogP) is 6.23. The highest BCUT2D eigenvalue weighted by Crippen LogP contribution is 2.24. The van der Waals surface area contributed by atoms with Crippen LogP contribution in [0.15, 0.2) is 72.8 Å². The Morgan fingerprint density at radius 2 is 1.21 bits per heavy atom. The zero-order valence-electron chi connectivity index (χ0n) is 27.3. The smallest absolute Gasteiger partial charge is 0.309 e. The number of phenols is 2. The summed E-state index contributed by atoms with van der Waals surface area (Å²) in [6.45, 7) is 9.31. The average molecular weight is 643 g/mol. The molecule has 0 saturated carbocycles. The lowest BCUT2D eigenvalue weighted by molar-refractivity contribution is -0.150. The van der Waals surface area contributed by atoms with Crippen LogP contribution in [-0.2, 0) is 25.6 Å². The number of aromatic hydroxyl groups is 2. The molecule has 250 valence electrons. The third-order valence-corrected chi connectivity index (χ3v) is 8.44. The average Bonchev–Trinajstić information content (AvgIpc) is 3.09. The van der Waals surface area contributed by atoms with Gasteiger partial charge in [-0.15, -0.1) is 0 Å². The molecule has 2 heterocycles. The summed E-state index contributed by atoms with van der Waals surface area (Å²) in [5, 5.41) is 26.0. The fraction of sp³-hybridized carbons (Fsp3) is 0.395. The Bertz CT molecular complexity index is 1630. The van der Waals surface area contributed by atoms with Crippen molar-refractivity contribution in [1.29, 1.82) is 0 Å². The maximum atomic E-state index is 11.8. The minimum atomic E-state index is -0.0438. The number of hydrogen-bond donors (Lipinski definition) is 3. The molecule has 2 aliphatic heterocycles. The van der Waals surface area contributed by atoms with Gasteiger partial charge in [0, 0.05) is 12.1 Å². The lowest BCUT2D eigenvalue weighted by Crippen LogP contribution is -2.36. The molecule has 2 saturated heterocycles. The van der Waals surface area contributed by atoms with E-state index in [1.807, 2.05) is 26.0 Å². The Morgan fingerprint density at radius 3 is 1.77 bits per heavy atom. The lowest BCUT2D eigenvalue weighted by atomic mass is 9.96. The highest BCUT2D eigenvalue weighted by atomic mass is 16.5. The first kappa shape index (κ1) is 35.4. The monoisotopic (exact) mass is 642 g/mol. The molecular weight excluding hydrogens is 596 g/mol. The Morgan fingerprint density at radius 1 is 0.723 bits per heavy atom. The summed E-state index contributed by atoms with van der Waals surface area (Å²) in [5.41, 5.74) is 1.91. The first-order valence-corrected chi connectivity index (χ1v) is 16.5.